The van der Waals surface area contributed by atoms with E-state index in [9.17, 15) is 4.39 Å². The summed E-state index contributed by atoms with van der Waals surface area (Å²) in [6, 6.07) is 6.93. The van der Waals surface area contributed by atoms with Gasteiger partial charge in [-0.2, -0.15) is 0 Å². The molecular weight excluding hydrogens is 377 g/mol. The summed E-state index contributed by atoms with van der Waals surface area (Å²) in [6.45, 7) is 2.95. The van der Waals surface area contributed by atoms with Crippen molar-refractivity contribution in [1.82, 2.24) is 5.32 Å². The minimum atomic E-state index is -0.339. The van der Waals surface area contributed by atoms with Crippen molar-refractivity contribution in [2.45, 2.75) is 19.4 Å². The Kier molecular flexibility index (Phi) is 6.05. The Morgan fingerprint density at radius 1 is 1.43 bits per heavy atom. The normalized spacial score (nSPS) is 12.4. The van der Waals surface area contributed by atoms with Gasteiger partial charge in [0.25, 0.3) is 0 Å². The van der Waals surface area contributed by atoms with Crippen LogP contribution in [0.1, 0.15) is 29.8 Å². The van der Waals surface area contributed by atoms with Gasteiger partial charge < -0.3 is 10.1 Å². The number of hydrogen-bond acceptors (Lipinski definition) is 3. The fourth-order valence-electron chi connectivity index (χ4n) is 2.08. The average molecular weight is 393 g/mol. The number of rotatable bonds is 6. The topological polar surface area (TPSA) is 21.3 Å². The monoisotopic (exact) mass is 391 g/mol. The van der Waals surface area contributed by atoms with Crippen LogP contribution in [0.25, 0.3) is 0 Å². The molecule has 0 aliphatic heterocycles. The van der Waals surface area contributed by atoms with E-state index in [1.807, 2.05) is 12.1 Å². The lowest BCUT2D eigenvalue weighted by atomic mass is 10.0. The molecule has 0 aliphatic rings. The minimum Gasteiger partial charge on any atom is -0.496 e. The smallest absolute Gasteiger partial charge is 0.141 e. The van der Waals surface area contributed by atoms with Crippen molar-refractivity contribution in [2.24, 2.45) is 0 Å². The summed E-state index contributed by atoms with van der Waals surface area (Å²) in [5.74, 6) is 0.183. The molecule has 1 heterocycles. The van der Waals surface area contributed by atoms with Crippen molar-refractivity contribution in [2.75, 3.05) is 13.7 Å². The van der Waals surface area contributed by atoms with E-state index in [0.717, 1.165) is 27.7 Å². The largest absolute Gasteiger partial charge is 0.496 e. The van der Waals surface area contributed by atoms with Crippen LogP contribution in [0.5, 0.6) is 5.75 Å². The SMILES string of the molecule is CCCNC(c1ccc(Cl)s1)c1cc(Br)c(F)cc1OC. The molecule has 2 aromatic rings. The third-order valence-electron chi connectivity index (χ3n) is 3.06. The van der Waals surface area contributed by atoms with Gasteiger partial charge in [-0.05, 0) is 47.1 Å². The van der Waals surface area contributed by atoms with Crippen LogP contribution in [0, 0.1) is 5.82 Å². The van der Waals surface area contributed by atoms with Gasteiger partial charge in [-0.3, -0.25) is 0 Å². The van der Waals surface area contributed by atoms with Crippen molar-refractivity contribution in [1.29, 1.82) is 0 Å². The molecule has 0 bridgehead atoms. The van der Waals surface area contributed by atoms with Crippen LogP contribution in [0.15, 0.2) is 28.7 Å². The van der Waals surface area contributed by atoms with Crippen molar-refractivity contribution < 1.29 is 9.13 Å². The number of ether oxygens (including phenoxy) is 1. The first-order valence-corrected chi connectivity index (χ1v) is 8.57. The summed E-state index contributed by atoms with van der Waals surface area (Å²) in [4.78, 5) is 1.07. The highest BCUT2D eigenvalue weighted by Gasteiger charge is 2.21. The molecule has 6 heteroatoms. The van der Waals surface area contributed by atoms with Crippen molar-refractivity contribution in [3.63, 3.8) is 0 Å². The number of methoxy groups -OCH3 is 1. The van der Waals surface area contributed by atoms with E-state index in [2.05, 4.69) is 28.2 Å². The van der Waals surface area contributed by atoms with Gasteiger partial charge in [-0.1, -0.05) is 18.5 Å². The van der Waals surface area contributed by atoms with E-state index < -0.39 is 0 Å². The maximum Gasteiger partial charge on any atom is 0.141 e. The van der Waals surface area contributed by atoms with Crippen LogP contribution in [-0.4, -0.2) is 13.7 Å². The van der Waals surface area contributed by atoms with Crippen molar-refractivity contribution in [3.05, 3.63) is 49.3 Å². The number of hydrogen-bond donors (Lipinski definition) is 1. The molecule has 0 spiro atoms. The lowest BCUT2D eigenvalue weighted by Crippen LogP contribution is -2.23. The fraction of sp³-hybridized carbons (Fsp3) is 0.333. The fourth-order valence-corrected chi connectivity index (χ4v) is 3.60. The maximum atomic E-state index is 13.7. The summed E-state index contributed by atoms with van der Waals surface area (Å²) in [7, 11) is 1.55. The molecule has 2 rings (SSSR count). The maximum absolute atomic E-state index is 13.7. The summed E-state index contributed by atoms with van der Waals surface area (Å²) in [5.41, 5.74) is 0.887. The number of nitrogens with one attached hydrogen (secondary N) is 1. The van der Waals surface area contributed by atoms with Gasteiger partial charge in [0.1, 0.15) is 11.6 Å². The standard InChI is InChI=1S/C15H16BrClFNOS/c1-3-6-19-15(13-4-5-14(17)21-13)9-7-10(16)11(18)8-12(9)20-2/h4-5,7-8,15,19H,3,6H2,1-2H3. The lowest BCUT2D eigenvalue weighted by Gasteiger charge is -2.21. The zero-order valence-electron chi connectivity index (χ0n) is 11.8. The average Bonchev–Trinajstić information content (AvgIpc) is 2.89. The predicted octanol–water partition coefficient (Wildman–Crippen LogP) is 5.40. The molecule has 0 saturated heterocycles. The van der Waals surface area contributed by atoms with Crippen LogP contribution in [0.4, 0.5) is 4.39 Å². The highest BCUT2D eigenvalue weighted by atomic mass is 79.9. The van der Waals surface area contributed by atoms with Crippen molar-refractivity contribution in [3.8, 4) is 5.75 Å². The summed E-state index contributed by atoms with van der Waals surface area (Å²) >= 11 is 10.8. The molecule has 2 nitrogen and oxygen atoms in total. The molecule has 0 radical (unpaired) electrons. The molecular formula is C15H16BrClFNOS. The van der Waals surface area contributed by atoms with Gasteiger partial charge in [-0.25, -0.2) is 4.39 Å². The first-order valence-electron chi connectivity index (χ1n) is 6.58. The quantitative estimate of drug-likeness (QED) is 0.710. The van der Waals surface area contributed by atoms with E-state index in [1.54, 1.807) is 13.2 Å². The van der Waals surface area contributed by atoms with Crippen LogP contribution >= 0.6 is 38.9 Å². The Morgan fingerprint density at radius 3 is 2.76 bits per heavy atom. The van der Waals surface area contributed by atoms with Crippen LogP contribution < -0.4 is 10.1 Å². The van der Waals surface area contributed by atoms with Crippen LogP contribution in [0.2, 0.25) is 4.34 Å². The van der Waals surface area contributed by atoms with Gasteiger partial charge in [-0.15, -0.1) is 11.3 Å². The molecule has 1 atom stereocenters. The molecule has 1 aromatic carbocycles. The Hall–Kier alpha value is -0.620. The molecule has 0 amide bonds. The second-order valence-corrected chi connectivity index (χ2v) is 7.14. The Morgan fingerprint density at radius 2 is 2.19 bits per heavy atom. The van der Waals surface area contributed by atoms with Gasteiger partial charge in [0.2, 0.25) is 0 Å². The Labute approximate surface area is 141 Å². The molecule has 114 valence electrons. The van der Waals surface area contributed by atoms with E-state index >= 15 is 0 Å². The van der Waals surface area contributed by atoms with Crippen LogP contribution in [-0.2, 0) is 0 Å². The van der Waals surface area contributed by atoms with Gasteiger partial charge >= 0.3 is 0 Å². The van der Waals surface area contributed by atoms with Gasteiger partial charge in [0.15, 0.2) is 0 Å². The predicted molar refractivity (Wildman–Crippen MR) is 90.1 cm³/mol. The van der Waals surface area contributed by atoms with E-state index in [1.165, 1.54) is 17.4 Å². The first kappa shape index (κ1) is 16.7. The third kappa shape index (κ3) is 3.97. The molecule has 1 unspecified atom stereocenters. The number of halogens is 3. The second-order valence-electron chi connectivity index (χ2n) is 4.54. The zero-order valence-corrected chi connectivity index (χ0v) is 14.9. The summed E-state index contributed by atoms with van der Waals surface area (Å²) < 4.78 is 20.2. The first-order chi connectivity index (χ1) is 10.1. The van der Waals surface area contributed by atoms with E-state index in [-0.39, 0.29) is 11.9 Å². The molecule has 1 N–H and O–H groups in total. The Balaban J connectivity index is 2.47. The molecule has 0 aliphatic carbocycles. The molecule has 21 heavy (non-hydrogen) atoms. The third-order valence-corrected chi connectivity index (χ3v) is 4.96. The molecule has 1 aromatic heterocycles. The van der Waals surface area contributed by atoms with Crippen LogP contribution in [0.3, 0.4) is 0 Å². The summed E-state index contributed by atoms with van der Waals surface area (Å²) in [5, 5.41) is 3.47. The van der Waals surface area contributed by atoms with Crippen molar-refractivity contribution >= 4 is 38.9 Å². The summed E-state index contributed by atoms with van der Waals surface area (Å²) in [6.07, 6.45) is 1.00. The lowest BCUT2D eigenvalue weighted by molar-refractivity contribution is 0.400. The van der Waals surface area contributed by atoms with Gasteiger partial charge in [0, 0.05) is 16.5 Å². The second kappa shape index (κ2) is 7.58. The molecule has 0 saturated carbocycles. The molecule has 0 fully saturated rings. The highest BCUT2D eigenvalue weighted by molar-refractivity contribution is 9.10. The highest BCUT2D eigenvalue weighted by Crippen LogP contribution is 2.37. The zero-order chi connectivity index (χ0) is 15.4. The minimum absolute atomic E-state index is 0.0747. The number of thiophene rings is 1. The van der Waals surface area contributed by atoms with E-state index in [4.69, 9.17) is 16.3 Å². The Bertz CT molecular complexity index is 620. The number of benzene rings is 1. The van der Waals surface area contributed by atoms with E-state index in [0.29, 0.717) is 10.2 Å². The van der Waals surface area contributed by atoms with Gasteiger partial charge in [0.05, 0.1) is 22.0 Å².